The highest BCUT2D eigenvalue weighted by atomic mass is 35.5. The van der Waals surface area contributed by atoms with Crippen molar-refractivity contribution in [2.45, 2.75) is 6.43 Å². The van der Waals surface area contributed by atoms with Gasteiger partial charge in [0.15, 0.2) is 5.82 Å². The number of anilines is 2. The number of hydrogen-bond donors (Lipinski definition) is 1. The van der Waals surface area contributed by atoms with Gasteiger partial charge in [0.05, 0.1) is 20.0 Å². The van der Waals surface area contributed by atoms with Crippen LogP contribution in [0.25, 0.3) is 0 Å². The van der Waals surface area contributed by atoms with Crippen molar-refractivity contribution in [1.29, 1.82) is 0 Å². The number of nitrogens with zero attached hydrogens (tertiary/aromatic N) is 2. The van der Waals surface area contributed by atoms with Gasteiger partial charge in [0, 0.05) is 5.56 Å². The fourth-order valence-corrected chi connectivity index (χ4v) is 2.43. The van der Waals surface area contributed by atoms with Crippen LogP contribution in [0.15, 0.2) is 24.4 Å². The van der Waals surface area contributed by atoms with Crippen LogP contribution in [0, 0.1) is 0 Å². The highest BCUT2D eigenvalue weighted by Crippen LogP contribution is 2.39. The van der Waals surface area contributed by atoms with Crippen LogP contribution >= 0.6 is 31.4 Å². The first-order valence-corrected chi connectivity index (χ1v) is 9.00. The van der Waals surface area contributed by atoms with Gasteiger partial charge in [-0.1, -0.05) is 17.7 Å². The van der Waals surface area contributed by atoms with Crippen molar-refractivity contribution < 1.29 is 13.3 Å². The van der Waals surface area contributed by atoms with Crippen LogP contribution in [0.2, 0.25) is 10.3 Å². The van der Waals surface area contributed by atoms with Crippen LogP contribution < -0.4 is 9.84 Å². The number of benzene rings is 1. The molecular weight excluding hydrogens is 354 g/mol. The maximum atomic E-state index is 12.8. The maximum absolute atomic E-state index is 12.8. The third-order valence-electron chi connectivity index (χ3n) is 2.51. The summed E-state index contributed by atoms with van der Waals surface area (Å²) >= 11 is 11.7. The lowest BCUT2D eigenvalue weighted by Crippen LogP contribution is -1.99. The van der Waals surface area contributed by atoms with E-state index >= 15 is 0 Å². The van der Waals surface area contributed by atoms with E-state index in [0.717, 1.165) is 0 Å². The summed E-state index contributed by atoms with van der Waals surface area (Å²) in [6.07, 6.45) is -1.23. The summed E-state index contributed by atoms with van der Waals surface area (Å²) in [7, 11) is -0.790. The van der Waals surface area contributed by atoms with Gasteiger partial charge in [-0.15, -0.1) is 0 Å². The molecule has 0 saturated carbocycles. The van der Waals surface area contributed by atoms with E-state index in [0.29, 0.717) is 11.4 Å². The molecule has 0 bridgehead atoms. The second-order valence-electron chi connectivity index (χ2n) is 4.42. The molecule has 0 aliphatic carbocycles. The Kier molecular flexibility index (Phi) is 5.73. The van der Waals surface area contributed by atoms with Crippen molar-refractivity contribution in [3.8, 4) is 5.75 Å². The van der Waals surface area contributed by atoms with E-state index in [1.165, 1.54) is 24.4 Å². The molecule has 0 aliphatic heterocycles. The van der Waals surface area contributed by atoms with E-state index in [1.807, 2.05) is 13.3 Å². The standard InChI is InChI=1S/C13H12Cl2F2N3OP/c1-22(2)21-10-5-7(11(16)17)3-4-9(10)19-12-8(14)6-18-13(15)20-12/h3-6,11H,1-2H3,(H,18,19,20). The van der Waals surface area contributed by atoms with E-state index in [4.69, 9.17) is 27.7 Å². The Morgan fingerprint density at radius 2 is 2.00 bits per heavy atom. The minimum atomic E-state index is -2.58. The number of hydrogen-bond acceptors (Lipinski definition) is 4. The fraction of sp³-hybridized carbons (Fsp3) is 0.231. The lowest BCUT2D eigenvalue weighted by Gasteiger charge is -2.16. The average molecular weight is 366 g/mol. The summed E-state index contributed by atoms with van der Waals surface area (Å²) < 4.78 is 31.3. The molecule has 2 rings (SSSR count). The minimum absolute atomic E-state index is 0.0202. The van der Waals surface area contributed by atoms with Gasteiger partial charge in [0.2, 0.25) is 5.28 Å². The van der Waals surface area contributed by atoms with Crippen molar-refractivity contribution in [3.05, 3.63) is 40.3 Å². The zero-order valence-electron chi connectivity index (χ0n) is 11.6. The SMILES string of the molecule is CP(C)Oc1cc(C(F)F)ccc1Nc1nc(Cl)ncc1Cl. The van der Waals surface area contributed by atoms with Gasteiger partial charge >= 0.3 is 0 Å². The molecule has 1 aromatic heterocycles. The molecule has 9 heteroatoms. The van der Waals surface area contributed by atoms with Crippen molar-refractivity contribution in [2.24, 2.45) is 0 Å². The fourth-order valence-electron chi connectivity index (χ4n) is 1.61. The maximum Gasteiger partial charge on any atom is 0.263 e. The van der Waals surface area contributed by atoms with Gasteiger partial charge in [0.1, 0.15) is 10.8 Å². The lowest BCUT2D eigenvalue weighted by atomic mass is 10.2. The predicted octanol–water partition coefficient (Wildman–Crippen LogP) is 5.50. The smallest absolute Gasteiger partial charge is 0.263 e. The molecule has 2 aromatic rings. The molecular formula is C13H12Cl2F2N3OP. The van der Waals surface area contributed by atoms with Crippen molar-refractivity contribution in [3.63, 3.8) is 0 Å². The number of aromatic nitrogens is 2. The summed E-state index contributed by atoms with van der Waals surface area (Å²) in [5, 5.41) is 3.20. The summed E-state index contributed by atoms with van der Waals surface area (Å²) in [6, 6.07) is 4.10. The van der Waals surface area contributed by atoms with Gasteiger partial charge < -0.3 is 9.84 Å². The van der Waals surface area contributed by atoms with E-state index in [-0.39, 0.29) is 21.7 Å². The zero-order chi connectivity index (χ0) is 16.3. The Labute approximate surface area is 137 Å². The first kappa shape index (κ1) is 17.1. The number of nitrogens with one attached hydrogen (secondary N) is 1. The Bertz CT molecular complexity index is 674. The molecule has 22 heavy (non-hydrogen) atoms. The summed E-state index contributed by atoms with van der Waals surface area (Å²) in [5.41, 5.74) is 0.349. The van der Waals surface area contributed by atoms with Crippen LogP contribution in [0.4, 0.5) is 20.3 Å². The van der Waals surface area contributed by atoms with E-state index in [2.05, 4.69) is 15.3 Å². The number of alkyl halides is 2. The van der Waals surface area contributed by atoms with Crippen LogP contribution in [0.1, 0.15) is 12.0 Å². The van der Waals surface area contributed by atoms with Crippen molar-refractivity contribution >= 4 is 42.9 Å². The quantitative estimate of drug-likeness (QED) is 0.561. The Morgan fingerprint density at radius 3 is 2.64 bits per heavy atom. The van der Waals surface area contributed by atoms with Crippen LogP contribution in [-0.4, -0.2) is 23.3 Å². The molecule has 0 fully saturated rings. The number of halogens is 4. The van der Waals surface area contributed by atoms with Gasteiger partial charge in [-0.25, -0.2) is 13.8 Å². The summed E-state index contributed by atoms with van der Waals surface area (Å²) in [4.78, 5) is 7.70. The Balaban J connectivity index is 2.38. The average Bonchev–Trinajstić information content (AvgIpc) is 2.44. The topological polar surface area (TPSA) is 47.0 Å². The molecule has 0 amide bonds. The van der Waals surface area contributed by atoms with Gasteiger partial charge in [-0.05, 0) is 37.1 Å². The third kappa shape index (κ3) is 4.38. The highest BCUT2D eigenvalue weighted by molar-refractivity contribution is 7.51. The normalized spacial score (nSPS) is 11.1. The molecule has 0 spiro atoms. The van der Waals surface area contributed by atoms with Crippen LogP contribution in [0.3, 0.4) is 0 Å². The second kappa shape index (κ2) is 7.36. The first-order valence-electron chi connectivity index (χ1n) is 6.09. The highest BCUT2D eigenvalue weighted by Gasteiger charge is 2.14. The van der Waals surface area contributed by atoms with Gasteiger partial charge in [-0.2, -0.15) is 4.98 Å². The monoisotopic (exact) mass is 365 g/mol. The largest absolute Gasteiger partial charge is 0.472 e. The van der Waals surface area contributed by atoms with Crippen LogP contribution in [-0.2, 0) is 0 Å². The minimum Gasteiger partial charge on any atom is -0.472 e. The Morgan fingerprint density at radius 1 is 1.27 bits per heavy atom. The predicted molar refractivity (Wildman–Crippen MR) is 86.1 cm³/mol. The first-order chi connectivity index (χ1) is 10.4. The molecule has 0 saturated heterocycles. The van der Waals surface area contributed by atoms with Gasteiger partial charge in [-0.3, -0.25) is 0 Å². The second-order valence-corrected chi connectivity index (χ2v) is 6.97. The lowest BCUT2D eigenvalue weighted by molar-refractivity contribution is 0.151. The van der Waals surface area contributed by atoms with Gasteiger partial charge in [0.25, 0.3) is 6.43 Å². The molecule has 0 aliphatic rings. The van der Waals surface area contributed by atoms with E-state index < -0.39 is 14.6 Å². The third-order valence-corrected chi connectivity index (χ3v) is 3.53. The molecule has 118 valence electrons. The molecule has 4 nitrogen and oxygen atoms in total. The number of rotatable bonds is 5. The van der Waals surface area contributed by atoms with Crippen molar-refractivity contribution in [1.82, 2.24) is 9.97 Å². The molecule has 1 heterocycles. The Hall–Kier alpha value is -1.23. The van der Waals surface area contributed by atoms with E-state index in [9.17, 15) is 8.78 Å². The molecule has 0 radical (unpaired) electrons. The van der Waals surface area contributed by atoms with Crippen LogP contribution in [0.5, 0.6) is 5.75 Å². The van der Waals surface area contributed by atoms with Crippen molar-refractivity contribution in [2.75, 3.05) is 18.6 Å². The molecule has 0 atom stereocenters. The molecule has 0 unspecified atom stereocenters. The zero-order valence-corrected chi connectivity index (χ0v) is 14.1. The summed E-state index contributed by atoms with van der Waals surface area (Å²) in [6.45, 7) is 3.73. The summed E-state index contributed by atoms with van der Waals surface area (Å²) in [5.74, 6) is 0.576. The molecule has 1 N–H and O–H groups in total. The molecule has 1 aromatic carbocycles. The van der Waals surface area contributed by atoms with E-state index in [1.54, 1.807) is 0 Å².